The maximum atomic E-state index is 13.1. The van der Waals surface area contributed by atoms with Crippen LogP contribution in [-0.4, -0.2) is 41.7 Å². The molecule has 8 heteroatoms. The minimum Gasteiger partial charge on any atom is -0.394 e. The van der Waals surface area contributed by atoms with Crippen molar-refractivity contribution in [3.63, 3.8) is 0 Å². The van der Waals surface area contributed by atoms with Crippen LogP contribution in [0, 0.1) is 5.92 Å². The number of aliphatic hydroxyl groups is 1. The number of anilines is 1. The fraction of sp³-hybridized carbons (Fsp3) is 0.625. The Kier molecular flexibility index (Phi) is 6.04. The second-order valence-electron chi connectivity index (χ2n) is 5.95. The van der Waals surface area contributed by atoms with Crippen molar-refractivity contribution in [2.45, 2.75) is 38.4 Å². The van der Waals surface area contributed by atoms with Crippen LogP contribution in [0.3, 0.4) is 0 Å². The zero-order valence-electron chi connectivity index (χ0n) is 13.5. The van der Waals surface area contributed by atoms with Gasteiger partial charge in [0.05, 0.1) is 24.1 Å². The number of amides is 1. The van der Waals surface area contributed by atoms with Gasteiger partial charge in [-0.3, -0.25) is 4.79 Å². The SMILES string of the molecule is CCC(CO)NC(=O)C1CCCN(c2ncccc2C(F)(F)F)C1. The number of halogens is 3. The number of alkyl halides is 3. The van der Waals surface area contributed by atoms with Gasteiger partial charge in [-0.1, -0.05) is 6.92 Å². The zero-order chi connectivity index (χ0) is 17.7. The number of nitrogens with one attached hydrogen (secondary N) is 1. The van der Waals surface area contributed by atoms with Gasteiger partial charge >= 0.3 is 6.18 Å². The third-order valence-corrected chi connectivity index (χ3v) is 4.24. The molecular weight excluding hydrogens is 323 g/mol. The van der Waals surface area contributed by atoms with Crippen LogP contribution in [0.5, 0.6) is 0 Å². The molecule has 24 heavy (non-hydrogen) atoms. The first kappa shape index (κ1) is 18.5. The van der Waals surface area contributed by atoms with E-state index in [1.54, 1.807) is 0 Å². The van der Waals surface area contributed by atoms with Gasteiger partial charge in [-0.25, -0.2) is 4.98 Å². The first-order valence-electron chi connectivity index (χ1n) is 8.05. The topological polar surface area (TPSA) is 65.5 Å². The summed E-state index contributed by atoms with van der Waals surface area (Å²) >= 11 is 0. The number of piperidine rings is 1. The summed E-state index contributed by atoms with van der Waals surface area (Å²) in [4.78, 5) is 17.7. The van der Waals surface area contributed by atoms with E-state index in [1.807, 2.05) is 6.92 Å². The van der Waals surface area contributed by atoms with Crippen LogP contribution in [0.2, 0.25) is 0 Å². The highest BCUT2D eigenvalue weighted by atomic mass is 19.4. The summed E-state index contributed by atoms with van der Waals surface area (Å²) in [5, 5.41) is 11.9. The molecular formula is C16H22F3N3O2. The molecule has 5 nitrogen and oxygen atoms in total. The molecule has 1 fully saturated rings. The van der Waals surface area contributed by atoms with Crippen molar-refractivity contribution in [1.29, 1.82) is 0 Å². The number of rotatable bonds is 5. The first-order valence-corrected chi connectivity index (χ1v) is 8.05. The predicted molar refractivity (Wildman–Crippen MR) is 83.5 cm³/mol. The lowest BCUT2D eigenvalue weighted by Crippen LogP contribution is -2.47. The molecule has 134 valence electrons. The Bertz CT molecular complexity index is 562. The van der Waals surface area contributed by atoms with Gasteiger partial charge in [0.25, 0.3) is 0 Å². The molecule has 0 aliphatic carbocycles. The Morgan fingerprint density at radius 1 is 1.54 bits per heavy atom. The maximum Gasteiger partial charge on any atom is 0.419 e. The van der Waals surface area contributed by atoms with E-state index in [0.29, 0.717) is 25.8 Å². The van der Waals surface area contributed by atoms with E-state index in [4.69, 9.17) is 5.11 Å². The molecule has 2 N–H and O–H groups in total. The molecule has 0 spiro atoms. The summed E-state index contributed by atoms with van der Waals surface area (Å²) in [6.07, 6.45) is -1.34. The average Bonchev–Trinajstić information content (AvgIpc) is 2.58. The van der Waals surface area contributed by atoms with E-state index >= 15 is 0 Å². The lowest BCUT2D eigenvalue weighted by Gasteiger charge is -2.34. The summed E-state index contributed by atoms with van der Waals surface area (Å²) in [7, 11) is 0. The van der Waals surface area contributed by atoms with Gasteiger partial charge in [-0.2, -0.15) is 13.2 Å². The molecule has 1 aromatic heterocycles. The Morgan fingerprint density at radius 2 is 2.29 bits per heavy atom. The molecule has 1 aromatic rings. The van der Waals surface area contributed by atoms with Crippen molar-refractivity contribution >= 4 is 11.7 Å². The van der Waals surface area contributed by atoms with Crippen molar-refractivity contribution in [3.8, 4) is 0 Å². The number of hydrogen-bond donors (Lipinski definition) is 2. The average molecular weight is 345 g/mol. The van der Waals surface area contributed by atoms with Crippen LogP contribution < -0.4 is 10.2 Å². The van der Waals surface area contributed by atoms with Gasteiger partial charge in [0, 0.05) is 19.3 Å². The third-order valence-electron chi connectivity index (χ3n) is 4.24. The molecule has 1 amide bonds. The maximum absolute atomic E-state index is 13.1. The van der Waals surface area contributed by atoms with E-state index in [0.717, 1.165) is 6.07 Å². The van der Waals surface area contributed by atoms with E-state index in [9.17, 15) is 18.0 Å². The molecule has 1 aliphatic heterocycles. The second kappa shape index (κ2) is 7.83. The summed E-state index contributed by atoms with van der Waals surface area (Å²) in [6.45, 7) is 2.31. The molecule has 0 radical (unpaired) electrons. The van der Waals surface area contributed by atoms with Gasteiger partial charge in [-0.05, 0) is 31.4 Å². The molecule has 1 saturated heterocycles. The lowest BCUT2D eigenvalue weighted by molar-refractivity contribution is -0.137. The standard InChI is InChI=1S/C16H22F3N3O2/c1-2-12(10-23)21-15(24)11-5-4-8-22(9-11)14-13(16(17,18)19)6-3-7-20-14/h3,6-7,11-12,23H,2,4-5,8-10H2,1H3,(H,21,24). The normalized spacial score (nSPS) is 19.9. The van der Waals surface area contributed by atoms with Gasteiger partial charge in [-0.15, -0.1) is 0 Å². The van der Waals surface area contributed by atoms with Gasteiger partial charge in [0.15, 0.2) is 0 Å². The molecule has 0 bridgehead atoms. The highest BCUT2D eigenvalue weighted by Gasteiger charge is 2.37. The molecule has 0 aromatic carbocycles. The Hall–Kier alpha value is -1.83. The molecule has 2 rings (SSSR count). The fourth-order valence-electron chi connectivity index (χ4n) is 2.85. The molecule has 2 unspecified atom stereocenters. The quantitative estimate of drug-likeness (QED) is 0.859. The van der Waals surface area contributed by atoms with Gasteiger partial charge in [0.2, 0.25) is 5.91 Å². The van der Waals surface area contributed by atoms with E-state index < -0.39 is 17.7 Å². The minimum absolute atomic E-state index is 0.128. The number of nitrogens with zero attached hydrogens (tertiary/aromatic N) is 2. The zero-order valence-corrected chi connectivity index (χ0v) is 13.5. The number of carbonyl (C=O) groups is 1. The Morgan fingerprint density at radius 3 is 2.92 bits per heavy atom. The van der Waals surface area contributed by atoms with Crippen LogP contribution in [0.4, 0.5) is 19.0 Å². The third kappa shape index (κ3) is 4.37. The molecule has 2 atom stereocenters. The van der Waals surface area contributed by atoms with Gasteiger partial charge in [0.1, 0.15) is 5.82 Å². The smallest absolute Gasteiger partial charge is 0.394 e. The van der Waals surface area contributed by atoms with Crippen molar-refractivity contribution in [2.75, 3.05) is 24.6 Å². The van der Waals surface area contributed by atoms with Crippen molar-refractivity contribution in [2.24, 2.45) is 5.92 Å². The molecule has 1 aliphatic rings. The van der Waals surface area contributed by atoms with E-state index in [2.05, 4.69) is 10.3 Å². The summed E-state index contributed by atoms with van der Waals surface area (Å²) in [6, 6.07) is 1.94. The number of aromatic nitrogens is 1. The Balaban J connectivity index is 2.13. The number of aliphatic hydroxyl groups excluding tert-OH is 1. The number of hydrogen-bond acceptors (Lipinski definition) is 4. The van der Waals surface area contributed by atoms with Crippen molar-refractivity contribution in [1.82, 2.24) is 10.3 Å². The predicted octanol–water partition coefficient (Wildman–Crippen LogP) is 2.20. The number of carbonyl (C=O) groups excluding carboxylic acids is 1. The molecule has 2 heterocycles. The molecule has 0 saturated carbocycles. The van der Waals surface area contributed by atoms with Crippen molar-refractivity contribution < 1.29 is 23.1 Å². The van der Waals surface area contributed by atoms with E-state index in [-0.39, 0.29) is 30.9 Å². The highest BCUT2D eigenvalue weighted by molar-refractivity contribution is 5.80. The van der Waals surface area contributed by atoms with Crippen LogP contribution in [-0.2, 0) is 11.0 Å². The van der Waals surface area contributed by atoms with Crippen LogP contribution >= 0.6 is 0 Å². The second-order valence-corrected chi connectivity index (χ2v) is 5.95. The van der Waals surface area contributed by atoms with Crippen LogP contribution in [0.25, 0.3) is 0 Å². The highest BCUT2D eigenvalue weighted by Crippen LogP contribution is 2.36. The van der Waals surface area contributed by atoms with Crippen LogP contribution in [0.1, 0.15) is 31.7 Å². The van der Waals surface area contributed by atoms with E-state index in [1.165, 1.54) is 17.2 Å². The lowest BCUT2D eigenvalue weighted by atomic mass is 9.96. The van der Waals surface area contributed by atoms with Crippen LogP contribution in [0.15, 0.2) is 18.3 Å². The first-order chi connectivity index (χ1) is 11.4. The van der Waals surface area contributed by atoms with Gasteiger partial charge < -0.3 is 15.3 Å². The summed E-state index contributed by atoms with van der Waals surface area (Å²) in [5.41, 5.74) is -0.784. The minimum atomic E-state index is -4.48. The van der Waals surface area contributed by atoms with Crippen molar-refractivity contribution in [3.05, 3.63) is 23.9 Å². The largest absolute Gasteiger partial charge is 0.419 e. The summed E-state index contributed by atoms with van der Waals surface area (Å²) < 4.78 is 39.4. The fourth-order valence-corrected chi connectivity index (χ4v) is 2.85. The summed E-state index contributed by atoms with van der Waals surface area (Å²) in [5.74, 6) is -0.774. The number of pyridine rings is 1. The monoisotopic (exact) mass is 345 g/mol. The Labute approximate surface area is 138 Å².